The summed E-state index contributed by atoms with van der Waals surface area (Å²) in [6.07, 6.45) is 3.30. The Labute approximate surface area is 195 Å². The van der Waals surface area contributed by atoms with Crippen LogP contribution in [-0.4, -0.2) is 35.8 Å². The van der Waals surface area contributed by atoms with E-state index in [-0.39, 0.29) is 29.6 Å². The van der Waals surface area contributed by atoms with Gasteiger partial charge in [0.1, 0.15) is 0 Å². The van der Waals surface area contributed by atoms with E-state index in [1.807, 2.05) is 42.5 Å². The number of hydrogen-bond acceptors (Lipinski definition) is 4. The topological polar surface area (TPSA) is 100 Å². The summed E-state index contributed by atoms with van der Waals surface area (Å²) in [6.45, 7) is -0.553. The van der Waals surface area contributed by atoms with Crippen LogP contribution in [0.15, 0.2) is 73.1 Å². The molecule has 9 heteroatoms. The van der Waals surface area contributed by atoms with E-state index in [4.69, 9.17) is 23.2 Å². The lowest BCUT2D eigenvalue weighted by atomic mass is 10.00. The van der Waals surface area contributed by atoms with E-state index in [9.17, 15) is 14.4 Å². The summed E-state index contributed by atoms with van der Waals surface area (Å²) >= 11 is 11.8. The second-order valence-electron chi connectivity index (χ2n) is 6.78. The first-order valence-electron chi connectivity index (χ1n) is 9.68. The van der Waals surface area contributed by atoms with E-state index in [1.165, 1.54) is 18.2 Å². The predicted molar refractivity (Wildman–Crippen MR) is 122 cm³/mol. The van der Waals surface area contributed by atoms with Crippen LogP contribution in [0.4, 0.5) is 0 Å². The Morgan fingerprint density at radius 1 is 0.812 bits per heavy atom. The van der Waals surface area contributed by atoms with E-state index in [0.29, 0.717) is 5.02 Å². The first-order valence-corrected chi connectivity index (χ1v) is 10.4. The standard InChI is InChI=1S/C23H20Cl2N4O3/c24-17-6-7-18(19(25)12-17)23(32)28-13-20(30)27-14-21(31)29-22(15-4-2-1-3-5-15)16-8-10-26-11-9-16/h1-12,22H,13-14H2,(H,27,30)(H,28,32)(H,29,31). The minimum Gasteiger partial charge on any atom is -0.346 e. The zero-order valence-corrected chi connectivity index (χ0v) is 18.4. The summed E-state index contributed by atoms with van der Waals surface area (Å²) in [6, 6.07) is 17.1. The lowest BCUT2D eigenvalue weighted by Gasteiger charge is -2.20. The van der Waals surface area contributed by atoms with Gasteiger partial charge in [0, 0.05) is 17.4 Å². The highest BCUT2D eigenvalue weighted by molar-refractivity contribution is 6.36. The van der Waals surface area contributed by atoms with E-state index in [0.717, 1.165) is 11.1 Å². The number of pyridine rings is 1. The van der Waals surface area contributed by atoms with Crippen LogP contribution in [0.1, 0.15) is 27.5 Å². The molecule has 0 spiro atoms. The molecule has 2 aromatic carbocycles. The van der Waals surface area contributed by atoms with Gasteiger partial charge in [-0.05, 0) is 41.5 Å². The number of halogens is 2. The van der Waals surface area contributed by atoms with Gasteiger partial charge in [0.15, 0.2) is 0 Å². The number of aromatic nitrogens is 1. The van der Waals surface area contributed by atoms with E-state index >= 15 is 0 Å². The summed E-state index contributed by atoms with van der Waals surface area (Å²) in [5.41, 5.74) is 1.95. The van der Waals surface area contributed by atoms with Gasteiger partial charge in [0.2, 0.25) is 11.8 Å². The third-order valence-electron chi connectivity index (χ3n) is 4.51. The summed E-state index contributed by atoms with van der Waals surface area (Å²) in [4.78, 5) is 40.7. The maximum absolute atomic E-state index is 12.5. The average Bonchev–Trinajstić information content (AvgIpc) is 2.80. The van der Waals surface area contributed by atoms with Crippen molar-refractivity contribution in [2.45, 2.75) is 6.04 Å². The molecule has 3 N–H and O–H groups in total. The monoisotopic (exact) mass is 470 g/mol. The van der Waals surface area contributed by atoms with Gasteiger partial charge in [-0.1, -0.05) is 53.5 Å². The van der Waals surface area contributed by atoms with Crippen molar-refractivity contribution >= 4 is 40.9 Å². The lowest BCUT2D eigenvalue weighted by Crippen LogP contribution is -2.43. The quantitative estimate of drug-likeness (QED) is 0.470. The summed E-state index contributed by atoms with van der Waals surface area (Å²) in [5.74, 6) is -1.41. The van der Waals surface area contributed by atoms with E-state index < -0.39 is 17.9 Å². The van der Waals surface area contributed by atoms with Crippen LogP contribution in [-0.2, 0) is 9.59 Å². The highest BCUT2D eigenvalue weighted by Gasteiger charge is 2.17. The second-order valence-corrected chi connectivity index (χ2v) is 7.62. The third kappa shape index (κ3) is 6.54. The minimum atomic E-state index is -0.520. The maximum atomic E-state index is 12.5. The number of benzene rings is 2. The number of rotatable bonds is 8. The Hall–Kier alpha value is -3.42. The smallest absolute Gasteiger partial charge is 0.253 e. The first-order chi connectivity index (χ1) is 15.4. The van der Waals surface area contributed by atoms with Crippen LogP contribution in [0.2, 0.25) is 10.0 Å². The van der Waals surface area contributed by atoms with Crippen molar-refractivity contribution < 1.29 is 14.4 Å². The van der Waals surface area contributed by atoms with Gasteiger partial charge < -0.3 is 16.0 Å². The lowest BCUT2D eigenvalue weighted by molar-refractivity contribution is -0.125. The Bertz CT molecular complexity index is 1060. The fraction of sp³-hybridized carbons (Fsp3) is 0.130. The van der Waals surface area contributed by atoms with Crippen molar-refractivity contribution in [2.75, 3.05) is 13.1 Å². The van der Waals surface area contributed by atoms with Crippen molar-refractivity contribution in [3.05, 3.63) is 99.8 Å². The van der Waals surface area contributed by atoms with Gasteiger partial charge in [0.25, 0.3) is 5.91 Å². The van der Waals surface area contributed by atoms with Crippen LogP contribution in [0, 0.1) is 0 Å². The van der Waals surface area contributed by atoms with Crippen molar-refractivity contribution in [1.82, 2.24) is 20.9 Å². The number of carbonyl (C=O) groups excluding carboxylic acids is 3. The molecule has 1 atom stereocenters. The van der Waals surface area contributed by atoms with Crippen LogP contribution >= 0.6 is 23.2 Å². The number of nitrogens with one attached hydrogen (secondary N) is 3. The normalized spacial score (nSPS) is 11.3. The van der Waals surface area contributed by atoms with Crippen LogP contribution < -0.4 is 16.0 Å². The molecule has 32 heavy (non-hydrogen) atoms. The zero-order valence-electron chi connectivity index (χ0n) is 16.8. The van der Waals surface area contributed by atoms with Gasteiger partial charge in [-0.15, -0.1) is 0 Å². The van der Waals surface area contributed by atoms with Crippen molar-refractivity contribution in [3.8, 4) is 0 Å². The highest BCUT2D eigenvalue weighted by Crippen LogP contribution is 2.21. The molecule has 164 valence electrons. The van der Waals surface area contributed by atoms with Gasteiger partial charge >= 0.3 is 0 Å². The minimum absolute atomic E-state index is 0.179. The molecule has 3 amide bonds. The van der Waals surface area contributed by atoms with Gasteiger partial charge in [-0.3, -0.25) is 19.4 Å². The largest absolute Gasteiger partial charge is 0.346 e. The maximum Gasteiger partial charge on any atom is 0.253 e. The molecule has 1 unspecified atom stereocenters. The Morgan fingerprint density at radius 3 is 2.16 bits per heavy atom. The van der Waals surface area contributed by atoms with E-state index in [2.05, 4.69) is 20.9 Å². The summed E-state index contributed by atoms with van der Waals surface area (Å²) in [5, 5.41) is 8.43. The second kappa shape index (κ2) is 11.3. The SMILES string of the molecule is O=C(CNC(=O)c1ccc(Cl)cc1Cl)NCC(=O)NC(c1ccccc1)c1ccncc1. The van der Waals surface area contributed by atoms with Crippen molar-refractivity contribution in [1.29, 1.82) is 0 Å². The van der Waals surface area contributed by atoms with Crippen molar-refractivity contribution in [3.63, 3.8) is 0 Å². The average molecular weight is 471 g/mol. The number of amides is 3. The highest BCUT2D eigenvalue weighted by atomic mass is 35.5. The predicted octanol–water partition coefficient (Wildman–Crippen LogP) is 3.14. The fourth-order valence-corrected chi connectivity index (χ4v) is 3.44. The molecule has 7 nitrogen and oxygen atoms in total. The van der Waals surface area contributed by atoms with Crippen molar-refractivity contribution in [2.24, 2.45) is 0 Å². The Morgan fingerprint density at radius 2 is 1.47 bits per heavy atom. The Balaban J connectivity index is 1.52. The molecule has 1 aromatic heterocycles. The number of nitrogens with zero attached hydrogens (tertiary/aromatic N) is 1. The zero-order chi connectivity index (χ0) is 22.9. The molecule has 3 rings (SSSR count). The van der Waals surface area contributed by atoms with Gasteiger partial charge in [-0.25, -0.2) is 0 Å². The molecule has 0 fully saturated rings. The number of hydrogen-bond donors (Lipinski definition) is 3. The molecule has 3 aromatic rings. The molecule has 0 radical (unpaired) electrons. The molecule has 0 aliphatic heterocycles. The molecule has 0 aliphatic rings. The fourth-order valence-electron chi connectivity index (χ4n) is 2.94. The molecule has 0 aliphatic carbocycles. The molecule has 1 heterocycles. The Kier molecular flexibility index (Phi) is 8.19. The molecular weight excluding hydrogens is 451 g/mol. The van der Waals surface area contributed by atoms with Gasteiger partial charge in [0.05, 0.1) is 29.7 Å². The van der Waals surface area contributed by atoms with Crippen LogP contribution in [0.3, 0.4) is 0 Å². The third-order valence-corrected chi connectivity index (χ3v) is 5.06. The van der Waals surface area contributed by atoms with Crippen LogP contribution in [0.5, 0.6) is 0 Å². The summed E-state index contributed by atoms with van der Waals surface area (Å²) < 4.78 is 0. The van der Waals surface area contributed by atoms with Crippen LogP contribution in [0.25, 0.3) is 0 Å². The molecule has 0 bridgehead atoms. The van der Waals surface area contributed by atoms with E-state index in [1.54, 1.807) is 12.4 Å². The molecule has 0 saturated heterocycles. The number of carbonyl (C=O) groups is 3. The van der Waals surface area contributed by atoms with Gasteiger partial charge in [-0.2, -0.15) is 0 Å². The molecule has 0 saturated carbocycles. The first kappa shape index (κ1) is 23.2. The summed E-state index contributed by atoms with van der Waals surface area (Å²) in [7, 11) is 0. The molecular formula is C23H20Cl2N4O3.